The third-order valence-electron chi connectivity index (χ3n) is 9.40. The van der Waals surface area contributed by atoms with E-state index in [-0.39, 0.29) is 28.4 Å². The van der Waals surface area contributed by atoms with Gasteiger partial charge in [-0.25, -0.2) is 18.4 Å². The number of fused-ring (bicyclic) bond motifs is 1. The van der Waals surface area contributed by atoms with Gasteiger partial charge < -0.3 is 14.8 Å². The molecule has 2 N–H and O–H groups in total. The van der Waals surface area contributed by atoms with Gasteiger partial charge in [-0.2, -0.15) is 0 Å². The zero-order valence-electron chi connectivity index (χ0n) is 29.3. The summed E-state index contributed by atoms with van der Waals surface area (Å²) in [7, 11) is -1.05. The molecule has 0 bridgehead atoms. The van der Waals surface area contributed by atoms with Crippen LogP contribution in [0.15, 0.2) is 108 Å². The normalized spacial score (nSPS) is 17.5. The van der Waals surface area contributed by atoms with Crippen molar-refractivity contribution in [2.45, 2.75) is 62.3 Å². The fourth-order valence-electron chi connectivity index (χ4n) is 6.52. The summed E-state index contributed by atoms with van der Waals surface area (Å²) in [5.74, 6) is 0.852. The number of allylic oxidation sites excluding steroid dienone is 4. The van der Waals surface area contributed by atoms with Crippen molar-refractivity contribution in [3.05, 3.63) is 108 Å². The van der Waals surface area contributed by atoms with Crippen LogP contribution in [-0.2, 0) is 14.8 Å². The van der Waals surface area contributed by atoms with Crippen LogP contribution in [0, 0.1) is 0 Å². The first-order chi connectivity index (χ1) is 24.7. The molecule has 10 nitrogen and oxygen atoms in total. The summed E-state index contributed by atoms with van der Waals surface area (Å²) >= 11 is 0. The lowest BCUT2D eigenvalue weighted by molar-refractivity contribution is -0.122. The van der Waals surface area contributed by atoms with E-state index in [9.17, 15) is 13.2 Å². The number of likely N-dealkylation sites (tertiary alicyclic amines) is 1. The summed E-state index contributed by atoms with van der Waals surface area (Å²) in [5.41, 5.74) is 3.54. The molecule has 4 aromatic rings. The number of piperidine rings is 1. The number of nitrogens with zero attached hydrogens (tertiary/aromatic N) is 3. The van der Waals surface area contributed by atoms with Crippen LogP contribution in [0.1, 0.15) is 56.9 Å². The molecule has 0 saturated carbocycles. The number of carbonyl (C=O) groups is 1. The lowest BCUT2D eigenvalue weighted by Gasteiger charge is -2.36. The van der Waals surface area contributed by atoms with Gasteiger partial charge in [-0.05, 0) is 74.1 Å². The molecule has 2 atom stereocenters. The second-order valence-electron chi connectivity index (χ2n) is 12.9. The van der Waals surface area contributed by atoms with Gasteiger partial charge in [0.05, 0.1) is 36.7 Å². The summed E-state index contributed by atoms with van der Waals surface area (Å²) in [6.45, 7) is 3.00. The number of sulfonamides is 1. The van der Waals surface area contributed by atoms with Crippen molar-refractivity contribution < 1.29 is 22.7 Å². The highest BCUT2D eigenvalue weighted by molar-refractivity contribution is 7.92. The number of aromatic nitrogens is 2. The molecule has 1 aromatic heterocycles. The van der Waals surface area contributed by atoms with E-state index in [2.05, 4.69) is 50.3 Å². The molecule has 1 aliphatic carbocycles. The zero-order valence-corrected chi connectivity index (χ0v) is 30.2. The number of hydrogen-bond acceptors (Lipinski definition) is 9. The molecule has 2 aliphatic rings. The van der Waals surface area contributed by atoms with Crippen molar-refractivity contribution in [2.75, 3.05) is 37.3 Å². The van der Waals surface area contributed by atoms with Crippen molar-refractivity contribution in [1.82, 2.24) is 14.9 Å². The van der Waals surface area contributed by atoms with E-state index in [1.165, 1.54) is 11.6 Å². The number of ether oxygens (including phenoxy) is 2. The summed E-state index contributed by atoms with van der Waals surface area (Å²) in [4.78, 5) is 25.4. The Morgan fingerprint density at radius 1 is 0.902 bits per heavy atom. The van der Waals surface area contributed by atoms with Crippen LogP contribution in [0.25, 0.3) is 11.0 Å². The third kappa shape index (κ3) is 8.84. The van der Waals surface area contributed by atoms with Gasteiger partial charge in [-0.1, -0.05) is 68.0 Å². The molecule has 1 fully saturated rings. The quantitative estimate of drug-likeness (QED) is 0.151. The monoisotopic (exact) mass is 707 g/mol. The summed E-state index contributed by atoms with van der Waals surface area (Å²) in [6.07, 6.45) is 17.4. The maximum Gasteiger partial charge on any atom is 0.263 e. The van der Waals surface area contributed by atoms with Crippen LogP contribution in [0.2, 0.25) is 0 Å². The number of hydrogen-bond donors (Lipinski definition) is 2. The van der Waals surface area contributed by atoms with Crippen molar-refractivity contribution in [1.29, 1.82) is 0 Å². The first-order valence-corrected chi connectivity index (χ1v) is 18.9. The van der Waals surface area contributed by atoms with Crippen LogP contribution in [0.4, 0.5) is 17.3 Å². The average molecular weight is 708 g/mol. The molecule has 0 spiro atoms. The second kappa shape index (κ2) is 16.3. The molecule has 51 heavy (non-hydrogen) atoms. The van der Waals surface area contributed by atoms with Crippen molar-refractivity contribution in [2.24, 2.45) is 0 Å². The predicted octanol–water partition coefficient (Wildman–Crippen LogP) is 7.94. The Labute approximate surface area is 300 Å². The van der Waals surface area contributed by atoms with Gasteiger partial charge in [0.2, 0.25) is 0 Å². The van der Waals surface area contributed by atoms with Gasteiger partial charge in [-0.3, -0.25) is 14.4 Å². The summed E-state index contributed by atoms with van der Waals surface area (Å²) in [5, 5.41) is 3.19. The molecule has 2 heterocycles. The number of para-hydroxylation sites is 2. The van der Waals surface area contributed by atoms with Gasteiger partial charge in [-0.15, -0.1) is 0 Å². The Hall–Kier alpha value is -5.00. The molecule has 1 saturated heterocycles. The smallest absolute Gasteiger partial charge is 0.263 e. The van der Waals surface area contributed by atoms with Crippen LogP contribution in [-0.4, -0.2) is 62.4 Å². The number of methoxy groups -OCH3 is 2. The Morgan fingerprint density at radius 3 is 2.37 bits per heavy atom. The highest BCUT2D eigenvalue weighted by Crippen LogP contribution is 2.32. The van der Waals surface area contributed by atoms with E-state index >= 15 is 0 Å². The number of anilines is 3. The molecule has 3 aromatic carbocycles. The van der Waals surface area contributed by atoms with E-state index in [4.69, 9.17) is 14.5 Å². The molecule has 266 valence electrons. The highest BCUT2D eigenvalue weighted by atomic mass is 32.2. The van der Waals surface area contributed by atoms with Crippen LogP contribution in [0.3, 0.4) is 0 Å². The Morgan fingerprint density at radius 2 is 1.63 bits per heavy atom. The first kappa shape index (κ1) is 35.8. The minimum atomic E-state index is -4.15. The SMILES string of the molecule is COc1cc(Nc2nc3ccccc3nc2NS(=O)(=O)c2cccc(C(C)C(=O)CN3CCCCC3C3=CC=CCCCC=C3)c2)cc(OC)c1. The molecule has 11 heteroatoms. The van der Waals surface area contributed by atoms with Crippen LogP contribution < -0.4 is 19.5 Å². The van der Waals surface area contributed by atoms with E-state index in [1.54, 1.807) is 56.7 Å². The van der Waals surface area contributed by atoms with Gasteiger partial charge in [0.25, 0.3) is 10.0 Å². The molecule has 0 radical (unpaired) electrons. The van der Waals surface area contributed by atoms with Crippen molar-refractivity contribution >= 4 is 44.2 Å². The minimum Gasteiger partial charge on any atom is -0.497 e. The number of rotatable bonds is 12. The standard InChI is InChI=1S/C40H45N5O5S/c1-28(38(46)27-45-22-13-12-21-37(45)29-15-8-6-4-5-7-9-16-29)30-17-14-18-34(23-30)51(47,48)44-40-39(42-35-19-10-11-20-36(35)43-40)41-31-24-32(49-2)26-33(25-31)50-3/h6,8-11,14-20,23-26,28,37H,4-5,7,12-13,21-22,27H2,1-3H3,(H,41,42)(H,43,44). The van der Waals surface area contributed by atoms with Gasteiger partial charge in [0, 0.05) is 35.8 Å². The molecular formula is C40H45N5O5S. The van der Waals surface area contributed by atoms with Crippen molar-refractivity contribution in [3.63, 3.8) is 0 Å². The molecular weight excluding hydrogens is 663 g/mol. The average Bonchev–Trinajstić information content (AvgIpc) is 3.29. The Kier molecular flexibility index (Phi) is 11.5. The van der Waals surface area contributed by atoms with Gasteiger partial charge in [0.15, 0.2) is 17.4 Å². The maximum absolute atomic E-state index is 13.9. The first-order valence-electron chi connectivity index (χ1n) is 17.4. The number of nitrogens with one attached hydrogen (secondary N) is 2. The number of benzene rings is 3. The molecule has 1 aliphatic heterocycles. The second-order valence-corrected chi connectivity index (χ2v) is 14.6. The van der Waals surface area contributed by atoms with E-state index in [0.717, 1.165) is 45.1 Å². The van der Waals surface area contributed by atoms with Gasteiger partial charge >= 0.3 is 0 Å². The minimum absolute atomic E-state index is 0.0178. The Bertz CT molecular complexity index is 2050. The highest BCUT2D eigenvalue weighted by Gasteiger charge is 2.29. The number of Topliss-reactive ketones (excluding diaryl/α,β-unsaturated/α-hetero) is 1. The predicted molar refractivity (Wildman–Crippen MR) is 202 cm³/mol. The lowest BCUT2D eigenvalue weighted by Crippen LogP contribution is -2.44. The van der Waals surface area contributed by atoms with Gasteiger partial charge in [0.1, 0.15) is 11.5 Å². The topological polar surface area (TPSA) is 123 Å². The van der Waals surface area contributed by atoms with E-state index < -0.39 is 15.9 Å². The van der Waals surface area contributed by atoms with Crippen molar-refractivity contribution in [3.8, 4) is 11.5 Å². The fraction of sp³-hybridized carbons (Fsp3) is 0.325. The summed E-state index contributed by atoms with van der Waals surface area (Å²) in [6, 6.07) is 19.2. The van der Waals surface area contributed by atoms with E-state index in [1.807, 2.05) is 25.1 Å². The summed E-state index contributed by atoms with van der Waals surface area (Å²) < 4.78 is 41.4. The zero-order chi connectivity index (χ0) is 35.8. The Balaban J connectivity index is 1.23. The number of carbonyl (C=O) groups excluding carboxylic acids is 1. The third-order valence-corrected chi connectivity index (χ3v) is 10.7. The van der Waals surface area contributed by atoms with Crippen LogP contribution >= 0.6 is 0 Å². The molecule has 2 unspecified atom stereocenters. The maximum atomic E-state index is 13.9. The van der Waals surface area contributed by atoms with Crippen LogP contribution in [0.5, 0.6) is 11.5 Å². The molecule has 0 amide bonds. The lowest BCUT2D eigenvalue weighted by atomic mass is 9.91. The molecule has 6 rings (SSSR count). The largest absolute Gasteiger partial charge is 0.497 e. The van der Waals surface area contributed by atoms with E-state index in [0.29, 0.717) is 40.3 Å². The number of ketones is 1. The fourth-order valence-corrected chi connectivity index (χ4v) is 7.58.